The molecule has 1 saturated heterocycles. The van der Waals surface area contributed by atoms with Crippen LogP contribution < -0.4 is 16.1 Å². The minimum absolute atomic E-state index is 0.0910. The Kier molecular flexibility index (Phi) is 7.52. The van der Waals surface area contributed by atoms with Crippen molar-refractivity contribution in [2.45, 2.75) is 24.9 Å². The van der Waals surface area contributed by atoms with E-state index >= 15 is 0 Å². The maximum absolute atomic E-state index is 14.6. The molecule has 14 heteroatoms. The van der Waals surface area contributed by atoms with E-state index in [0.717, 1.165) is 16.8 Å². The van der Waals surface area contributed by atoms with Gasteiger partial charge in [0.2, 0.25) is 5.43 Å². The number of fused-ring (bicyclic) bond motifs is 1. The summed E-state index contributed by atoms with van der Waals surface area (Å²) in [6, 6.07) is 0.698. The minimum Gasteiger partial charge on any atom is -0.477 e. The van der Waals surface area contributed by atoms with E-state index in [9.17, 15) is 36.3 Å². The summed E-state index contributed by atoms with van der Waals surface area (Å²) >= 11 is 0. The van der Waals surface area contributed by atoms with Crippen LogP contribution in [0.3, 0.4) is 0 Å². The Labute approximate surface area is 181 Å². The molecule has 3 rings (SSSR count). The van der Waals surface area contributed by atoms with Gasteiger partial charge in [-0.05, 0) is 19.4 Å². The van der Waals surface area contributed by atoms with Crippen molar-refractivity contribution >= 4 is 32.9 Å². The quantitative estimate of drug-likeness (QED) is 0.530. The molecule has 32 heavy (non-hydrogen) atoms. The maximum atomic E-state index is 14.6. The van der Waals surface area contributed by atoms with E-state index < -0.39 is 51.8 Å². The van der Waals surface area contributed by atoms with Crippen molar-refractivity contribution in [1.29, 1.82) is 0 Å². The SMILES string of the molecule is CC(CF)(CF)n1cc(C(=O)O)c(=O)c2cc(F)c(N3CC[C@H](N)C3)nc21.CS(=O)(=O)O. The van der Waals surface area contributed by atoms with Crippen molar-refractivity contribution in [2.75, 3.05) is 37.6 Å². The number of nitrogens with two attached hydrogens (primary N) is 1. The van der Waals surface area contributed by atoms with Crippen molar-refractivity contribution in [3.63, 3.8) is 0 Å². The molecule has 1 fully saturated rings. The number of alkyl halides is 2. The van der Waals surface area contributed by atoms with Crippen molar-refractivity contribution in [2.24, 2.45) is 5.73 Å². The molecule has 0 aliphatic carbocycles. The van der Waals surface area contributed by atoms with Crippen molar-refractivity contribution in [3.8, 4) is 0 Å². The number of halogens is 3. The highest BCUT2D eigenvalue weighted by atomic mass is 32.2. The molecule has 1 aliphatic heterocycles. The van der Waals surface area contributed by atoms with Gasteiger partial charge in [-0.1, -0.05) is 0 Å². The molecule has 3 heterocycles. The molecule has 2 aromatic rings. The summed E-state index contributed by atoms with van der Waals surface area (Å²) in [5.74, 6) is -2.50. The average Bonchev–Trinajstić information content (AvgIpc) is 3.12. The smallest absolute Gasteiger partial charge is 0.341 e. The van der Waals surface area contributed by atoms with E-state index in [1.807, 2.05) is 0 Å². The van der Waals surface area contributed by atoms with Crippen LogP contribution in [-0.2, 0) is 15.7 Å². The fourth-order valence-electron chi connectivity index (χ4n) is 3.14. The van der Waals surface area contributed by atoms with Gasteiger partial charge in [-0.3, -0.25) is 9.35 Å². The summed E-state index contributed by atoms with van der Waals surface area (Å²) in [6.45, 7) is -0.347. The van der Waals surface area contributed by atoms with Gasteiger partial charge in [-0.25, -0.2) is 22.9 Å². The summed E-state index contributed by atoms with van der Waals surface area (Å²) < 4.78 is 68.7. The molecule has 1 atom stereocenters. The number of aromatic carboxylic acids is 1. The fourth-order valence-corrected chi connectivity index (χ4v) is 3.14. The minimum atomic E-state index is -3.67. The third-order valence-corrected chi connectivity index (χ3v) is 4.83. The van der Waals surface area contributed by atoms with Gasteiger partial charge in [-0.15, -0.1) is 0 Å². The van der Waals surface area contributed by atoms with Crippen molar-refractivity contribution < 1.29 is 36.0 Å². The lowest BCUT2D eigenvalue weighted by atomic mass is 10.0. The number of rotatable bonds is 5. The van der Waals surface area contributed by atoms with Crippen LogP contribution in [0, 0.1) is 5.82 Å². The molecule has 0 amide bonds. The zero-order valence-electron chi connectivity index (χ0n) is 17.3. The van der Waals surface area contributed by atoms with E-state index in [2.05, 4.69) is 4.98 Å². The van der Waals surface area contributed by atoms with E-state index in [4.69, 9.17) is 10.3 Å². The van der Waals surface area contributed by atoms with Gasteiger partial charge in [0, 0.05) is 25.3 Å². The number of nitrogens with zero attached hydrogens (tertiary/aromatic N) is 3. The second kappa shape index (κ2) is 9.42. The van der Waals surface area contributed by atoms with Crippen LogP contribution in [-0.4, -0.2) is 72.3 Å². The topological polar surface area (TPSA) is 156 Å². The van der Waals surface area contributed by atoms with Gasteiger partial charge in [0.25, 0.3) is 10.1 Å². The van der Waals surface area contributed by atoms with Crippen LogP contribution >= 0.6 is 0 Å². The maximum Gasteiger partial charge on any atom is 0.341 e. The third-order valence-electron chi connectivity index (χ3n) is 4.83. The normalized spacial score (nSPS) is 16.7. The standard InChI is InChI=1S/C17H19F3N4O3.CH4O3S/c1-17(7-18,8-19)24-6-11(16(26)27)13(25)10-4-12(20)15(22-14(10)24)23-3-2-9(21)5-23;1-5(2,3)4/h4,6,9H,2-3,5,7-8,21H2,1H3,(H,26,27);1H3,(H,2,3,4)/t9-;/m0./s1. The molecule has 1 aliphatic rings. The lowest BCUT2D eigenvalue weighted by molar-refractivity contribution is 0.0693. The molecular weight excluding hydrogens is 457 g/mol. The van der Waals surface area contributed by atoms with Gasteiger partial charge >= 0.3 is 5.97 Å². The van der Waals surface area contributed by atoms with E-state index in [-0.39, 0.29) is 22.9 Å². The zero-order chi connectivity index (χ0) is 24.4. The van der Waals surface area contributed by atoms with Gasteiger partial charge in [0.1, 0.15) is 24.6 Å². The van der Waals surface area contributed by atoms with E-state index in [0.29, 0.717) is 25.8 Å². The number of aromatic nitrogens is 2. The Hall–Kier alpha value is -2.71. The average molecular weight is 480 g/mol. The first-order chi connectivity index (χ1) is 14.7. The van der Waals surface area contributed by atoms with Gasteiger partial charge in [0.05, 0.1) is 17.2 Å². The first kappa shape index (κ1) is 25.5. The number of anilines is 1. The van der Waals surface area contributed by atoms with Crippen LogP contribution in [0.4, 0.5) is 19.0 Å². The number of hydrogen-bond acceptors (Lipinski definition) is 7. The molecule has 0 radical (unpaired) electrons. The van der Waals surface area contributed by atoms with Crippen LogP contribution in [0.2, 0.25) is 0 Å². The second-order valence-corrected chi connectivity index (χ2v) is 9.17. The summed E-state index contributed by atoms with van der Waals surface area (Å²) in [5.41, 5.74) is 2.18. The molecular formula is C18H23F3N4O6S. The largest absolute Gasteiger partial charge is 0.477 e. The monoisotopic (exact) mass is 480 g/mol. The fraction of sp³-hybridized carbons (Fsp3) is 0.500. The van der Waals surface area contributed by atoms with Gasteiger partial charge in [-0.2, -0.15) is 8.42 Å². The van der Waals surface area contributed by atoms with Crippen molar-refractivity contribution in [3.05, 3.63) is 33.9 Å². The second-order valence-electron chi connectivity index (χ2n) is 7.70. The number of carboxylic acids is 1. The predicted molar refractivity (Wildman–Crippen MR) is 111 cm³/mol. The molecule has 0 unspecified atom stereocenters. The number of pyridine rings is 2. The first-order valence-electron chi connectivity index (χ1n) is 9.26. The summed E-state index contributed by atoms with van der Waals surface area (Å²) in [7, 11) is -3.67. The van der Waals surface area contributed by atoms with Crippen LogP contribution in [0.1, 0.15) is 23.7 Å². The molecule has 4 N–H and O–H groups in total. The molecule has 0 bridgehead atoms. The summed E-state index contributed by atoms with van der Waals surface area (Å²) in [5, 5.41) is 8.90. The lowest BCUT2D eigenvalue weighted by Gasteiger charge is -2.29. The van der Waals surface area contributed by atoms with Crippen molar-refractivity contribution in [1.82, 2.24) is 9.55 Å². The van der Waals surface area contributed by atoms with Gasteiger partial charge < -0.3 is 20.3 Å². The number of hydrogen-bond donors (Lipinski definition) is 3. The summed E-state index contributed by atoms with van der Waals surface area (Å²) in [6.07, 6.45) is 2.19. The highest BCUT2D eigenvalue weighted by Crippen LogP contribution is 2.28. The number of carbonyl (C=O) groups is 1. The Morgan fingerprint density at radius 3 is 2.38 bits per heavy atom. The number of carboxylic acid groups (broad SMARTS) is 1. The third kappa shape index (κ3) is 5.55. The predicted octanol–water partition coefficient (Wildman–Crippen LogP) is 0.929. The molecule has 10 nitrogen and oxygen atoms in total. The van der Waals surface area contributed by atoms with Crippen LogP contribution in [0.15, 0.2) is 17.1 Å². The van der Waals surface area contributed by atoms with Gasteiger partial charge in [0.15, 0.2) is 11.6 Å². The Bertz CT molecular complexity index is 1180. The lowest BCUT2D eigenvalue weighted by Crippen LogP contribution is -2.38. The highest BCUT2D eigenvalue weighted by molar-refractivity contribution is 7.85. The van der Waals surface area contributed by atoms with E-state index in [1.54, 1.807) is 4.90 Å². The van der Waals surface area contributed by atoms with E-state index in [1.165, 1.54) is 6.92 Å². The first-order valence-corrected chi connectivity index (χ1v) is 11.1. The highest BCUT2D eigenvalue weighted by Gasteiger charge is 2.32. The molecule has 178 valence electrons. The Morgan fingerprint density at radius 2 is 1.94 bits per heavy atom. The molecule has 0 saturated carbocycles. The Balaban J connectivity index is 0.000000654. The molecule has 0 aromatic carbocycles. The molecule has 2 aromatic heterocycles. The molecule has 0 spiro atoms. The van der Waals surface area contributed by atoms with Crippen LogP contribution in [0.5, 0.6) is 0 Å². The van der Waals surface area contributed by atoms with Crippen LogP contribution in [0.25, 0.3) is 11.0 Å². The zero-order valence-corrected chi connectivity index (χ0v) is 18.1. The summed E-state index contributed by atoms with van der Waals surface area (Å²) in [4.78, 5) is 29.6. The Morgan fingerprint density at radius 1 is 1.38 bits per heavy atom.